The minimum Gasteiger partial charge on any atom is -0.495 e. The molecule has 7 nitrogen and oxygen atoms in total. The number of sulfone groups is 1. The first-order valence-electron chi connectivity index (χ1n) is 9.33. The number of nitrogens with one attached hydrogen (secondary N) is 1. The summed E-state index contributed by atoms with van der Waals surface area (Å²) in [6.45, 7) is 0. The highest BCUT2D eigenvalue weighted by molar-refractivity contribution is 7.90. The molecular weight excluding hydrogens is 378 g/mol. The van der Waals surface area contributed by atoms with Gasteiger partial charge in [0.15, 0.2) is 15.7 Å². The molecule has 28 heavy (non-hydrogen) atoms. The number of amides is 1. The topological polar surface area (TPSA) is 98.2 Å². The molecule has 1 unspecified atom stereocenters. The van der Waals surface area contributed by atoms with Crippen molar-refractivity contribution in [1.82, 2.24) is 9.97 Å². The lowest BCUT2D eigenvalue weighted by atomic mass is 9.87. The van der Waals surface area contributed by atoms with Crippen molar-refractivity contribution in [1.29, 1.82) is 0 Å². The van der Waals surface area contributed by atoms with Crippen LogP contribution in [0.15, 0.2) is 41.7 Å². The Morgan fingerprint density at radius 3 is 2.64 bits per heavy atom. The lowest BCUT2D eigenvalue weighted by molar-refractivity contribution is -0.118. The number of carbonyl (C=O) groups is 1. The molecule has 0 radical (unpaired) electrons. The van der Waals surface area contributed by atoms with Gasteiger partial charge in [0.25, 0.3) is 0 Å². The minimum atomic E-state index is -3.42. The first-order valence-corrected chi connectivity index (χ1v) is 11.2. The van der Waals surface area contributed by atoms with Gasteiger partial charge in [-0.1, -0.05) is 31.7 Å². The molecule has 2 aromatic rings. The van der Waals surface area contributed by atoms with Crippen molar-refractivity contribution in [3.63, 3.8) is 0 Å². The minimum absolute atomic E-state index is 0.118. The summed E-state index contributed by atoms with van der Waals surface area (Å²) in [7, 11) is -1.99. The molecule has 150 valence electrons. The van der Waals surface area contributed by atoms with E-state index in [4.69, 9.17) is 4.74 Å². The summed E-state index contributed by atoms with van der Waals surface area (Å²) in [5, 5.41) is 2.83. The smallest absolute Gasteiger partial charge is 0.233 e. The summed E-state index contributed by atoms with van der Waals surface area (Å²) in [5.74, 6) is 0.514. The largest absolute Gasteiger partial charge is 0.495 e. The van der Waals surface area contributed by atoms with Gasteiger partial charge in [-0.3, -0.25) is 9.78 Å². The van der Waals surface area contributed by atoms with Crippen molar-refractivity contribution < 1.29 is 17.9 Å². The van der Waals surface area contributed by atoms with E-state index < -0.39 is 15.8 Å². The van der Waals surface area contributed by atoms with Gasteiger partial charge in [-0.05, 0) is 30.0 Å². The normalized spacial score (nSPS) is 15.9. The van der Waals surface area contributed by atoms with Crippen LogP contribution in [0.4, 0.5) is 5.82 Å². The molecule has 1 fully saturated rings. The number of carbonyl (C=O) groups excluding carboxylic acids is 1. The van der Waals surface area contributed by atoms with E-state index in [2.05, 4.69) is 15.3 Å². The van der Waals surface area contributed by atoms with E-state index in [0.29, 0.717) is 18.2 Å². The second kappa shape index (κ2) is 8.68. The number of aromatic nitrogens is 2. The van der Waals surface area contributed by atoms with Gasteiger partial charge in [0.05, 0.1) is 19.2 Å². The summed E-state index contributed by atoms with van der Waals surface area (Å²) < 4.78 is 29.2. The van der Waals surface area contributed by atoms with Gasteiger partial charge in [-0.25, -0.2) is 13.4 Å². The average Bonchev–Trinajstić information content (AvgIpc) is 3.19. The zero-order valence-electron chi connectivity index (χ0n) is 16.1. The Morgan fingerprint density at radius 2 is 2.04 bits per heavy atom. The predicted molar refractivity (Wildman–Crippen MR) is 106 cm³/mol. The van der Waals surface area contributed by atoms with Crippen molar-refractivity contribution >= 4 is 21.6 Å². The van der Waals surface area contributed by atoms with Gasteiger partial charge in [-0.2, -0.15) is 0 Å². The number of hydrogen-bond acceptors (Lipinski definition) is 6. The van der Waals surface area contributed by atoms with Crippen molar-refractivity contribution in [2.45, 2.75) is 42.9 Å². The fourth-order valence-corrected chi connectivity index (χ4v) is 4.58. The van der Waals surface area contributed by atoms with Gasteiger partial charge in [0, 0.05) is 18.6 Å². The highest BCUT2D eigenvalue weighted by atomic mass is 32.2. The summed E-state index contributed by atoms with van der Waals surface area (Å²) >= 11 is 0. The van der Waals surface area contributed by atoms with E-state index in [0.717, 1.165) is 24.7 Å². The molecule has 1 aromatic heterocycles. The maximum absolute atomic E-state index is 13.0. The van der Waals surface area contributed by atoms with E-state index in [9.17, 15) is 13.2 Å². The Labute approximate surface area is 165 Å². The van der Waals surface area contributed by atoms with E-state index >= 15 is 0 Å². The number of nitrogens with zero attached hydrogens (tertiary/aromatic N) is 2. The highest BCUT2D eigenvalue weighted by Gasteiger charge is 2.28. The van der Waals surface area contributed by atoms with Crippen molar-refractivity contribution in [2.24, 2.45) is 5.92 Å². The highest BCUT2D eigenvalue weighted by Crippen LogP contribution is 2.37. The van der Waals surface area contributed by atoms with Crippen molar-refractivity contribution in [2.75, 3.05) is 18.7 Å². The molecule has 0 saturated heterocycles. The molecular formula is C20H25N3O4S. The van der Waals surface area contributed by atoms with Gasteiger partial charge in [0.1, 0.15) is 10.6 Å². The second-order valence-corrected chi connectivity index (χ2v) is 9.19. The summed E-state index contributed by atoms with van der Waals surface area (Å²) in [6, 6.07) is 4.88. The molecule has 0 spiro atoms. The lowest BCUT2D eigenvalue weighted by Gasteiger charge is -2.21. The molecule has 1 aliphatic carbocycles. The van der Waals surface area contributed by atoms with Crippen LogP contribution in [0, 0.1) is 5.92 Å². The molecule has 1 amide bonds. The Balaban J connectivity index is 1.92. The number of rotatable bonds is 7. The zero-order chi connectivity index (χ0) is 20.1. The Kier molecular flexibility index (Phi) is 6.28. The van der Waals surface area contributed by atoms with Crippen LogP contribution in [-0.4, -0.2) is 37.7 Å². The maximum atomic E-state index is 13.0. The van der Waals surface area contributed by atoms with Crippen LogP contribution < -0.4 is 10.1 Å². The van der Waals surface area contributed by atoms with Gasteiger partial charge < -0.3 is 10.1 Å². The molecule has 1 aromatic carbocycles. The molecule has 0 bridgehead atoms. The van der Waals surface area contributed by atoms with Gasteiger partial charge in [-0.15, -0.1) is 0 Å². The van der Waals surface area contributed by atoms with Gasteiger partial charge in [0.2, 0.25) is 5.91 Å². The number of anilines is 1. The maximum Gasteiger partial charge on any atom is 0.233 e. The van der Waals surface area contributed by atoms with Crippen LogP contribution >= 0.6 is 0 Å². The monoisotopic (exact) mass is 403 g/mol. The van der Waals surface area contributed by atoms with Crippen LogP contribution in [-0.2, 0) is 14.6 Å². The lowest BCUT2D eigenvalue weighted by Crippen LogP contribution is -2.24. The summed E-state index contributed by atoms with van der Waals surface area (Å²) in [6.07, 6.45) is 11.0. The Bertz CT molecular complexity index is 926. The van der Waals surface area contributed by atoms with Crippen LogP contribution in [0.25, 0.3) is 0 Å². The van der Waals surface area contributed by atoms with Crippen LogP contribution in [0.5, 0.6) is 5.75 Å². The fourth-order valence-electron chi connectivity index (χ4n) is 3.76. The number of hydrogen-bond donors (Lipinski definition) is 1. The Morgan fingerprint density at radius 1 is 1.29 bits per heavy atom. The third-order valence-electron chi connectivity index (χ3n) is 5.16. The second-order valence-electron chi connectivity index (χ2n) is 7.20. The third-order valence-corrected chi connectivity index (χ3v) is 6.30. The fraction of sp³-hybridized carbons (Fsp3) is 0.450. The summed E-state index contributed by atoms with van der Waals surface area (Å²) in [5.41, 5.74) is 0.734. The quantitative estimate of drug-likeness (QED) is 0.762. The first kappa shape index (κ1) is 20.3. The molecule has 0 aliphatic heterocycles. The molecule has 1 saturated carbocycles. The number of methoxy groups -OCH3 is 1. The van der Waals surface area contributed by atoms with Crippen LogP contribution in [0.3, 0.4) is 0 Å². The Hall–Kier alpha value is -2.48. The van der Waals surface area contributed by atoms with E-state index in [1.807, 2.05) is 0 Å². The number of ether oxygens (including phenoxy) is 1. The average molecular weight is 404 g/mol. The van der Waals surface area contributed by atoms with Crippen molar-refractivity contribution in [3.05, 3.63) is 42.4 Å². The SMILES string of the molecule is COc1cc(C(CC2CCCC2)C(=O)Nc2cnccn2)ccc1S(C)(=O)=O. The van der Waals surface area contributed by atoms with E-state index in [1.165, 1.54) is 38.4 Å². The standard InChI is InChI=1S/C20H25N3O4S/c1-27-17-12-15(7-8-18(17)28(2,25)26)16(11-14-5-3-4-6-14)20(24)23-19-13-21-9-10-22-19/h7-10,12-14,16H,3-6,11H2,1-2H3,(H,22,23,24). The van der Waals surface area contributed by atoms with Gasteiger partial charge >= 0.3 is 0 Å². The summed E-state index contributed by atoms with van der Waals surface area (Å²) in [4.78, 5) is 21.2. The van der Waals surface area contributed by atoms with Crippen LogP contribution in [0.2, 0.25) is 0 Å². The molecule has 3 rings (SSSR count). The van der Waals surface area contributed by atoms with Crippen molar-refractivity contribution in [3.8, 4) is 5.75 Å². The third kappa shape index (κ3) is 4.86. The van der Waals surface area contributed by atoms with Crippen LogP contribution in [0.1, 0.15) is 43.6 Å². The van der Waals surface area contributed by atoms with E-state index in [-0.39, 0.29) is 16.6 Å². The first-order chi connectivity index (χ1) is 13.4. The molecule has 1 heterocycles. The molecule has 1 aliphatic rings. The molecule has 8 heteroatoms. The predicted octanol–water partition coefficient (Wildman–Crippen LogP) is 3.19. The molecule has 1 N–H and O–H groups in total. The molecule has 1 atom stereocenters. The zero-order valence-corrected chi connectivity index (χ0v) is 16.9. The van der Waals surface area contributed by atoms with E-state index in [1.54, 1.807) is 18.3 Å². The number of benzene rings is 1.